The summed E-state index contributed by atoms with van der Waals surface area (Å²) in [6.07, 6.45) is -1.01. The van der Waals surface area contributed by atoms with Gasteiger partial charge in [-0.05, 0) is 55.5 Å². The first-order valence-electron chi connectivity index (χ1n) is 9.10. The predicted molar refractivity (Wildman–Crippen MR) is 106 cm³/mol. The van der Waals surface area contributed by atoms with E-state index in [0.29, 0.717) is 17.0 Å². The smallest absolute Gasteiger partial charge is 0.344 e. The maximum atomic E-state index is 12.8. The largest absolute Gasteiger partial charge is 0.482 e. The monoisotopic (exact) mass is 401 g/mol. The van der Waals surface area contributed by atoms with E-state index in [4.69, 9.17) is 9.47 Å². The van der Waals surface area contributed by atoms with E-state index in [2.05, 4.69) is 5.32 Å². The van der Waals surface area contributed by atoms with Crippen molar-refractivity contribution in [3.8, 4) is 5.75 Å². The van der Waals surface area contributed by atoms with E-state index < -0.39 is 29.9 Å². The number of ketones is 1. The molecule has 0 heterocycles. The van der Waals surface area contributed by atoms with Gasteiger partial charge in [0, 0.05) is 16.7 Å². The number of hydrogen-bond acceptors (Lipinski definition) is 5. The minimum atomic E-state index is -1.01. The fourth-order valence-electron chi connectivity index (χ4n) is 2.23. The molecule has 0 saturated heterocycles. The highest BCUT2D eigenvalue weighted by Gasteiger charge is 2.22. The average Bonchev–Trinajstić information content (AvgIpc) is 2.66. The Morgan fingerprint density at radius 1 is 1.00 bits per heavy atom. The Kier molecular flexibility index (Phi) is 7.09. The van der Waals surface area contributed by atoms with Crippen LogP contribution in [0.5, 0.6) is 5.75 Å². The number of anilines is 1. The van der Waals surface area contributed by atoms with Crippen LogP contribution < -0.4 is 10.1 Å². The van der Waals surface area contributed by atoms with Crippen molar-refractivity contribution >= 4 is 23.3 Å². The molecule has 7 heteroatoms. The highest BCUT2D eigenvalue weighted by molar-refractivity contribution is 6.01. The fraction of sp³-hybridized carbons (Fsp3) is 0.318. The van der Waals surface area contributed by atoms with Crippen molar-refractivity contribution in [1.82, 2.24) is 0 Å². The van der Waals surface area contributed by atoms with Crippen molar-refractivity contribution in [1.29, 1.82) is 0 Å². The van der Waals surface area contributed by atoms with Gasteiger partial charge < -0.3 is 14.8 Å². The molecule has 0 spiro atoms. The Morgan fingerprint density at radius 2 is 1.59 bits per heavy atom. The van der Waals surface area contributed by atoms with Gasteiger partial charge in [0.05, 0.1) is 0 Å². The second-order valence-corrected chi connectivity index (χ2v) is 7.52. The van der Waals surface area contributed by atoms with Crippen LogP contribution >= 0.6 is 0 Å². The summed E-state index contributed by atoms with van der Waals surface area (Å²) in [4.78, 5) is 36.3. The predicted octanol–water partition coefficient (Wildman–Crippen LogP) is 4.00. The Hall–Kier alpha value is -3.22. The van der Waals surface area contributed by atoms with Crippen LogP contribution in [-0.4, -0.2) is 30.4 Å². The molecule has 2 rings (SSSR count). The van der Waals surface area contributed by atoms with E-state index in [-0.39, 0.29) is 11.7 Å². The van der Waals surface area contributed by atoms with Gasteiger partial charge in [0.1, 0.15) is 11.6 Å². The molecule has 1 atom stereocenters. The van der Waals surface area contributed by atoms with Gasteiger partial charge in [0.2, 0.25) is 11.7 Å². The SMILES string of the molecule is C[C@H](OC(=O)COc1ccc(F)cc1)C(=O)c1ccc(NC(=O)C(C)(C)C)cc1. The molecular formula is C22H24FNO5. The summed E-state index contributed by atoms with van der Waals surface area (Å²) in [7, 11) is 0. The molecule has 1 amide bonds. The van der Waals surface area contributed by atoms with Gasteiger partial charge in [-0.15, -0.1) is 0 Å². The lowest BCUT2D eigenvalue weighted by Gasteiger charge is -2.18. The number of carbonyl (C=O) groups excluding carboxylic acids is 3. The first kappa shape index (κ1) is 22.1. The van der Waals surface area contributed by atoms with Crippen LogP contribution in [0.1, 0.15) is 38.1 Å². The van der Waals surface area contributed by atoms with Gasteiger partial charge >= 0.3 is 5.97 Å². The summed E-state index contributed by atoms with van der Waals surface area (Å²) in [6.45, 7) is 6.47. The number of amides is 1. The normalized spacial score (nSPS) is 12.0. The molecule has 0 aliphatic heterocycles. The second kappa shape index (κ2) is 9.32. The zero-order valence-electron chi connectivity index (χ0n) is 16.8. The molecular weight excluding hydrogens is 377 g/mol. The molecule has 0 bridgehead atoms. The third kappa shape index (κ3) is 6.71. The summed E-state index contributed by atoms with van der Waals surface area (Å²) >= 11 is 0. The van der Waals surface area contributed by atoms with Crippen LogP contribution in [0, 0.1) is 11.2 Å². The molecule has 0 aliphatic rings. The quantitative estimate of drug-likeness (QED) is 0.560. The van der Waals surface area contributed by atoms with Crippen molar-refractivity contribution in [2.75, 3.05) is 11.9 Å². The van der Waals surface area contributed by atoms with Crippen LogP contribution in [0.3, 0.4) is 0 Å². The topological polar surface area (TPSA) is 81.7 Å². The number of halogens is 1. The van der Waals surface area contributed by atoms with E-state index in [9.17, 15) is 18.8 Å². The zero-order valence-corrected chi connectivity index (χ0v) is 16.8. The molecule has 1 N–H and O–H groups in total. The van der Waals surface area contributed by atoms with Crippen LogP contribution in [0.15, 0.2) is 48.5 Å². The van der Waals surface area contributed by atoms with Gasteiger partial charge in [0.25, 0.3) is 0 Å². The van der Waals surface area contributed by atoms with E-state index in [1.54, 1.807) is 45.0 Å². The average molecular weight is 401 g/mol. The zero-order chi connectivity index (χ0) is 21.6. The van der Waals surface area contributed by atoms with E-state index in [0.717, 1.165) is 0 Å². The fourth-order valence-corrected chi connectivity index (χ4v) is 2.23. The van der Waals surface area contributed by atoms with Crippen LogP contribution in [0.4, 0.5) is 10.1 Å². The minimum Gasteiger partial charge on any atom is -0.482 e. The molecule has 29 heavy (non-hydrogen) atoms. The Balaban J connectivity index is 1.87. The number of carbonyl (C=O) groups is 3. The maximum absolute atomic E-state index is 12.8. The molecule has 2 aromatic rings. The van der Waals surface area contributed by atoms with Gasteiger partial charge in [-0.2, -0.15) is 0 Å². The van der Waals surface area contributed by atoms with Crippen molar-refractivity contribution < 1.29 is 28.2 Å². The number of Topliss-reactive ketones (excluding diaryl/α,β-unsaturated/α-hetero) is 1. The van der Waals surface area contributed by atoms with Crippen molar-refractivity contribution in [2.24, 2.45) is 5.41 Å². The van der Waals surface area contributed by atoms with E-state index in [1.807, 2.05) is 0 Å². The van der Waals surface area contributed by atoms with Crippen molar-refractivity contribution in [2.45, 2.75) is 33.8 Å². The number of esters is 1. The summed E-state index contributed by atoms with van der Waals surface area (Å²) in [5, 5.41) is 2.77. The highest BCUT2D eigenvalue weighted by atomic mass is 19.1. The molecule has 0 fully saturated rings. The van der Waals surface area contributed by atoms with E-state index >= 15 is 0 Å². The van der Waals surface area contributed by atoms with Gasteiger partial charge in [-0.25, -0.2) is 9.18 Å². The third-order valence-corrected chi connectivity index (χ3v) is 3.96. The number of benzene rings is 2. The second-order valence-electron chi connectivity index (χ2n) is 7.52. The summed E-state index contributed by atoms with van der Waals surface area (Å²) in [5.41, 5.74) is 0.380. The lowest BCUT2D eigenvalue weighted by molar-refractivity contribution is -0.148. The Morgan fingerprint density at radius 3 is 2.14 bits per heavy atom. The summed E-state index contributed by atoms with van der Waals surface area (Å²) in [5.74, 6) is -1.34. The van der Waals surface area contributed by atoms with Gasteiger partial charge in [-0.3, -0.25) is 9.59 Å². The Bertz CT molecular complexity index is 870. The van der Waals surface area contributed by atoms with Crippen molar-refractivity contribution in [3.05, 3.63) is 59.9 Å². The van der Waals surface area contributed by atoms with Crippen LogP contribution in [0.25, 0.3) is 0 Å². The standard InChI is InChI=1S/C22H24FNO5/c1-14(29-19(25)13-28-18-11-7-16(23)8-12-18)20(26)15-5-9-17(10-6-15)24-21(27)22(2,3)4/h5-12,14H,13H2,1-4H3,(H,24,27)/t14-/m0/s1. The Labute approximate surface area is 169 Å². The molecule has 0 aliphatic carbocycles. The number of rotatable bonds is 7. The van der Waals surface area contributed by atoms with Gasteiger partial charge in [-0.1, -0.05) is 20.8 Å². The molecule has 0 aromatic heterocycles. The van der Waals surface area contributed by atoms with E-state index in [1.165, 1.54) is 31.2 Å². The third-order valence-electron chi connectivity index (χ3n) is 3.96. The van der Waals surface area contributed by atoms with Crippen molar-refractivity contribution in [3.63, 3.8) is 0 Å². The molecule has 0 radical (unpaired) electrons. The molecule has 154 valence electrons. The van der Waals surface area contributed by atoms with Crippen LogP contribution in [0.2, 0.25) is 0 Å². The lowest BCUT2D eigenvalue weighted by atomic mass is 9.95. The number of hydrogen-bond donors (Lipinski definition) is 1. The molecule has 6 nitrogen and oxygen atoms in total. The molecule has 2 aromatic carbocycles. The summed E-state index contributed by atoms with van der Waals surface area (Å²) < 4.78 is 23.1. The maximum Gasteiger partial charge on any atom is 0.344 e. The lowest BCUT2D eigenvalue weighted by Crippen LogP contribution is -2.28. The minimum absolute atomic E-state index is 0.139. The van der Waals surface area contributed by atoms with Crippen LogP contribution in [-0.2, 0) is 14.3 Å². The number of ether oxygens (including phenoxy) is 2. The van der Waals surface area contributed by atoms with Gasteiger partial charge in [0.15, 0.2) is 12.7 Å². The number of nitrogens with one attached hydrogen (secondary N) is 1. The highest BCUT2D eigenvalue weighted by Crippen LogP contribution is 2.18. The molecule has 0 saturated carbocycles. The first-order chi connectivity index (χ1) is 13.6. The summed E-state index contributed by atoms with van der Waals surface area (Å²) in [6, 6.07) is 11.5. The first-order valence-corrected chi connectivity index (χ1v) is 9.10. The molecule has 0 unspecified atom stereocenters.